The van der Waals surface area contributed by atoms with Crippen LogP contribution in [0.4, 0.5) is 17.1 Å². The Balaban J connectivity index is 2.04. The van der Waals surface area contributed by atoms with Crippen LogP contribution in [0.2, 0.25) is 0 Å². The molecular weight excluding hydrogens is 310 g/mol. The summed E-state index contributed by atoms with van der Waals surface area (Å²) in [5, 5.41) is 13.8. The Bertz CT molecular complexity index is 978. The smallest absolute Gasteiger partial charge is 0.270 e. The third-order valence-corrected chi connectivity index (χ3v) is 4.26. The number of nitro groups is 1. The summed E-state index contributed by atoms with van der Waals surface area (Å²) in [6.45, 7) is 0. The molecule has 2 aromatic rings. The van der Waals surface area contributed by atoms with Crippen LogP contribution < -0.4 is 10.2 Å². The molecule has 0 bridgehead atoms. The number of benzene rings is 2. The lowest BCUT2D eigenvalue weighted by molar-refractivity contribution is -0.384. The Morgan fingerprint density at radius 2 is 1.79 bits per heavy atom. The molecule has 24 heavy (non-hydrogen) atoms. The first kappa shape index (κ1) is 14.1. The van der Waals surface area contributed by atoms with E-state index < -0.39 is 4.92 Å². The van der Waals surface area contributed by atoms with Crippen molar-refractivity contribution in [3.05, 3.63) is 63.7 Å². The zero-order valence-electron chi connectivity index (χ0n) is 12.6. The van der Waals surface area contributed by atoms with Crippen LogP contribution in [0.3, 0.4) is 0 Å². The van der Waals surface area contributed by atoms with Gasteiger partial charge in [-0.2, -0.15) is 0 Å². The molecule has 1 N–H and O–H groups in total. The lowest BCUT2D eigenvalue weighted by Crippen LogP contribution is -2.21. The summed E-state index contributed by atoms with van der Waals surface area (Å²) in [6, 6.07) is 11.3. The van der Waals surface area contributed by atoms with Gasteiger partial charge in [0.05, 0.1) is 21.8 Å². The number of fused-ring (bicyclic) bond motifs is 2. The molecule has 7 heteroatoms. The van der Waals surface area contributed by atoms with Gasteiger partial charge in [0.2, 0.25) is 0 Å². The fraction of sp³-hybridized carbons (Fsp3) is 0.0588. The van der Waals surface area contributed by atoms with Gasteiger partial charge in [-0.15, -0.1) is 0 Å². The predicted octanol–water partition coefficient (Wildman–Crippen LogP) is 2.43. The molecule has 0 unspecified atom stereocenters. The second-order valence-electron chi connectivity index (χ2n) is 5.57. The molecule has 0 atom stereocenters. The van der Waals surface area contributed by atoms with Crippen LogP contribution in [0, 0.1) is 10.1 Å². The molecule has 0 fully saturated rings. The molecule has 0 saturated carbocycles. The minimum absolute atomic E-state index is 0.123. The lowest BCUT2D eigenvalue weighted by atomic mass is 9.96. The Hall–Kier alpha value is -3.48. The molecule has 7 nitrogen and oxygen atoms in total. The van der Waals surface area contributed by atoms with Crippen LogP contribution in [0.15, 0.2) is 42.5 Å². The van der Waals surface area contributed by atoms with Gasteiger partial charge < -0.3 is 10.2 Å². The van der Waals surface area contributed by atoms with E-state index in [-0.39, 0.29) is 28.6 Å². The summed E-state index contributed by atoms with van der Waals surface area (Å²) in [5.74, 6) is -0.736. The molecule has 4 rings (SSSR count). The molecule has 0 aliphatic carbocycles. The van der Waals surface area contributed by atoms with Crippen molar-refractivity contribution in [3.8, 4) is 0 Å². The van der Waals surface area contributed by atoms with E-state index >= 15 is 0 Å². The molecule has 118 valence electrons. The van der Waals surface area contributed by atoms with Crippen molar-refractivity contribution in [3.63, 3.8) is 0 Å². The van der Waals surface area contributed by atoms with Gasteiger partial charge in [0, 0.05) is 36.0 Å². The topological polar surface area (TPSA) is 92.6 Å². The highest BCUT2D eigenvalue weighted by molar-refractivity contribution is 6.49. The summed E-state index contributed by atoms with van der Waals surface area (Å²) in [4.78, 5) is 37.1. The SMILES string of the molecule is CN1C(=O)/C(=C2/C(=O)Nc3ccccc32)c2cc([N+](=O)[O-])ccc21. The number of nitro benzene ring substituents is 1. The van der Waals surface area contributed by atoms with Gasteiger partial charge in [-0.1, -0.05) is 18.2 Å². The summed E-state index contributed by atoms with van der Waals surface area (Å²) in [5.41, 5.74) is 2.52. The molecule has 2 aliphatic heterocycles. The monoisotopic (exact) mass is 321 g/mol. The van der Waals surface area contributed by atoms with E-state index in [1.165, 1.54) is 23.1 Å². The van der Waals surface area contributed by atoms with Crippen LogP contribution in [-0.2, 0) is 9.59 Å². The first-order chi connectivity index (χ1) is 11.5. The number of hydrogen-bond donors (Lipinski definition) is 1. The second-order valence-corrected chi connectivity index (χ2v) is 5.57. The van der Waals surface area contributed by atoms with Crippen molar-refractivity contribution in [2.75, 3.05) is 17.3 Å². The van der Waals surface area contributed by atoms with E-state index in [4.69, 9.17) is 0 Å². The van der Waals surface area contributed by atoms with Gasteiger partial charge in [0.1, 0.15) is 0 Å². The van der Waals surface area contributed by atoms with Crippen molar-refractivity contribution in [1.29, 1.82) is 0 Å². The zero-order valence-corrected chi connectivity index (χ0v) is 12.6. The standard InChI is InChI=1S/C17H11N3O4/c1-19-13-7-6-9(20(23)24)8-11(13)15(17(19)22)14-10-4-2-3-5-12(10)18-16(14)21/h2-8H,1H3,(H,18,21)/b15-14+. The highest BCUT2D eigenvalue weighted by atomic mass is 16.6. The van der Waals surface area contributed by atoms with Gasteiger partial charge in [-0.25, -0.2) is 0 Å². The van der Waals surface area contributed by atoms with E-state index in [9.17, 15) is 19.7 Å². The van der Waals surface area contributed by atoms with Gasteiger partial charge in [-0.3, -0.25) is 19.7 Å². The first-order valence-corrected chi connectivity index (χ1v) is 7.21. The average molecular weight is 321 g/mol. The number of hydrogen-bond acceptors (Lipinski definition) is 4. The van der Waals surface area contributed by atoms with Crippen molar-refractivity contribution >= 4 is 40.0 Å². The molecule has 2 amide bonds. The Morgan fingerprint density at radius 1 is 1.04 bits per heavy atom. The minimum atomic E-state index is -0.520. The molecule has 2 aliphatic rings. The quantitative estimate of drug-likeness (QED) is 0.496. The maximum absolute atomic E-state index is 12.7. The third-order valence-electron chi connectivity index (χ3n) is 4.26. The number of likely N-dealkylation sites (N-methyl/N-ethyl adjacent to an activating group) is 1. The number of rotatable bonds is 1. The van der Waals surface area contributed by atoms with E-state index in [1.807, 2.05) is 0 Å². The van der Waals surface area contributed by atoms with E-state index in [0.29, 0.717) is 22.5 Å². The normalized spacial score (nSPS) is 18.5. The number of non-ortho nitro benzene ring substituents is 1. The highest BCUT2D eigenvalue weighted by Gasteiger charge is 2.38. The second kappa shape index (κ2) is 4.76. The van der Waals surface area contributed by atoms with Crippen molar-refractivity contribution < 1.29 is 14.5 Å². The molecule has 2 aromatic carbocycles. The third kappa shape index (κ3) is 1.78. The number of carbonyl (C=O) groups excluding carboxylic acids is 2. The molecule has 0 radical (unpaired) electrons. The van der Waals surface area contributed by atoms with Crippen LogP contribution in [0.1, 0.15) is 11.1 Å². The largest absolute Gasteiger partial charge is 0.321 e. The number of anilines is 2. The molecule has 0 aromatic heterocycles. The fourth-order valence-corrected chi connectivity index (χ4v) is 3.13. The maximum Gasteiger partial charge on any atom is 0.270 e. The Kier molecular flexibility index (Phi) is 2.80. The summed E-state index contributed by atoms with van der Waals surface area (Å²) >= 11 is 0. The highest BCUT2D eigenvalue weighted by Crippen LogP contribution is 2.44. The molecule has 0 saturated heterocycles. The Labute approximate surface area is 136 Å². The van der Waals surface area contributed by atoms with Crippen LogP contribution >= 0.6 is 0 Å². The number of nitrogens with one attached hydrogen (secondary N) is 1. The lowest BCUT2D eigenvalue weighted by Gasteiger charge is -2.08. The number of carbonyl (C=O) groups is 2. The fourth-order valence-electron chi connectivity index (χ4n) is 3.13. The Morgan fingerprint density at radius 3 is 2.54 bits per heavy atom. The summed E-state index contributed by atoms with van der Waals surface area (Å²) < 4.78 is 0. The van der Waals surface area contributed by atoms with Crippen LogP contribution in [0.5, 0.6) is 0 Å². The number of amides is 2. The average Bonchev–Trinajstić information content (AvgIpc) is 3.01. The van der Waals surface area contributed by atoms with Crippen LogP contribution in [0.25, 0.3) is 11.1 Å². The van der Waals surface area contributed by atoms with Crippen LogP contribution in [-0.4, -0.2) is 23.8 Å². The molecule has 2 heterocycles. The number of para-hydroxylation sites is 1. The number of nitrogens with zero attached hydrogens (tertiary/aromatic N) is 2. The van der Waals surface area contributed by atoms with Crippen molar-refractivity contribution in [2.24, 2.45) is 0 Å². The summed E-state index contributed by atoms with van der Waals surface area (Å²) in [7, 11) is 1.58. The van der Waals surface area contributed by atoms with Gasteiger partial charge in [-0.05, 0) is 12.1 Å². The van der Waals surface area contributed by atoms with E-state index in [2.05, 4.69) is 5.32 Å². The minimum Gasteiger partial charge on any atom is -0.321 e. The van der Waals surface area contributed by atoms with Crippen molar-refractivity contribution in [1.82, 2.24) is 0 Å². The van der Waals surface area contributed by atoms with E-state index in [0.717, 1.165) is 0 Å². The van der Waals surface area contributed by atoms with Gasteiger partial charge >= 0.3 is 0 Å². The predicted molar refractivity (Wildman–Crippen MR) is 88.4 cm³/mol. The zero-order chi connectivity index (χ0) is 17.0. The first-order valence-electron chi connectivity index (χ1n) is 7.21. The van der Waals surface area contributed by atoms with Crippen molar-refractivity contribution in [2.45, 2.75) is 0 Å². The van der Waals surface area contributed by atoms with Gasteiger partial charge in [0.15, 0.2) is 0 Å². The molecule has 0 spiro atoms. The van der Waals surface area contributed by atoms with Gasteiger partial charge in [0.25, 0.3) is 17.5 Å². The maximum atomic E-state index is 12.7. The molecular formula is C17H11N3O4. The summed E-state index contributed by atoms with van der Waals surface area (Å²) in [6.07, 6.45) is 0. The van der Waals surface area contributed by atoms with E-state index in [1.54, 1.807) is 31.3 Å².